The van der Waals surface area contributed by atoms with Crippen molar-refractivity contribution in [2.24, 2.45) is 11.3 Å². The van der Waals surface area contributed by atoms with Crippen LogP contribution in [0.4, 0.5) is 11.6 Å². The molecular weight excluding hydrogens is 254 g/mol. The lowest BCUT2D eigenvalue weighted by Crippen LogP contribution is -2.20. The zero-order valence-electron chi connectivity index (χ0n) is 12.4. The Hall–Kier alpha value is -1.40. The van der Waals surface area contributed by atoms with Crippen LogP contribution in [-0.4, -0.2) is 30.2 Å². The molecule has 1 aliphatic carbocycles. The number of rotatable bonds is 9. The molecule has 0 aliphatic heterocycles. The van der Waals surface area contributed by atoms with Gasteiger partial charge in [-0.15, -0.1) is 0 Å². The predicted octanol–water partition coefficient (Wildman–Crippen LogP) is 1.94. The fourth-order valence-corrected chi connectivity index (χ4v) is 2.46. The molecule has 0 spiro atoms. The van der Waals surface area contributed by atoms with Gasteiger partial charge in [0.15, 0.2) is 0 Å². The minimum absolute atomic E-state index is 0.390. The maximum absolute atomic E-state index is 5.53. The highest BCUT2D eigenvalue weighted by Crippen LogP contribution is 2.48. The zero-order chi connectivity index (χ0) is 14.4. The molecule has 0 saturated heterocycles. The first kappa shape index (κ1) is 15.0. The number of ether oxygens (including phenoxy) is 1. The van der Waals surface area contributed by atoms with Gasteiger partial charge in [0.1, 0.15) is 18.0 Å². The number of nitrogen functional groups attached to an aromatic ring is 1. The molecule has 0 amide bonds. The van der Waals surface area contributed by atoms with Gasteiger partial charge in [-0.2, -0.15) is 0 Å². The lowest BCUT2D eigenvalue weighted by atomic mass is 10.0. The smallest absolute Gasteiger partial charge is 0.148 e. The minimum atomic E-state index is 0.390. The highest BCUT2D eigenvalue weighted by Gasteiger charge is 2.41. The summed E-state index contributed by atoms with van der Waals surface area (Å²) in [6.45, 7) is 3.90. The Morgan fingerprint density at radius 3 is 2.70 bits per heavy atom. The highest BCUT2D eigenvalue weighted by molar-refractivity contribution is 5.57. The van der Waals surface area contributed by atoms with E-state index in [1.54, 1.807) is 13.4 Å². The number of aromatic nitrogens is 2. The van der Waals surface area contributed by atoms with Crippen molar-refractivity contribution < 1.29 is 4.74 Å². The molecule has 0 unspecified atom stereocenters. The Balaban J connectivity index is 2.02. The van der Waals surface area contributed by atoms with Crippen LogP contribution in [0, 0.1) is 5.41 Å². The van der Waals surface area contributed by atoms with Gasteiger partial charge < -0.3 is 15.5 Å². The van der Waals surface area contributed by atoms with Gasteiger partial charge in [-0.3, -0.25) is 0 Å². The fourth-order valence-electron chi connectivity index (χ4n) is 2.46. The number of hydrogen-bond acceptors (Lipinski definition) is 6. The molecule has 0 atom stereocenters. The van der Waals surface area contributed by atoms with Crippen molar-refractivity contribution in [3.63, 3.8) is 0 Å². The summed E-state index contributed by atoms with van der Waals surface area (Å²) in [7, 11) is 1.76. The van der Waals surface area contributed by atoms with Crippen molar-refractivity contribution in [1.29, 1.82) is 0 Å². The third kappa shape index (κ3) is 3.58. The average Bonchev–Trinajstić information content (AvgIpc) is 3.25. The monoisotopic (exact) mass is 279 g/mol. The molecular formula is C14H25N5O. The topological polar surface area (TPSA) is 85.1 Å². The summed E-state index contributed by atoms with van der Waals surface area (Å²) in [6.07, 6.45) is 7.12. The van der Waals surface area contributed by atoms with Crippen LogP contribution in [0.3, 0.4) is 0 Å². The molecule has 6 heteroatoms. The van der Waals surface area contributed by atoms with Gasteiger partial charge >= 0.3 is 0 Å². The van der Waals surface area contributed by atoms with Crippen LogP contribution >= 0.6 is 0 Å². The maximum atomic E-state index is 5.53. The molecule has 1 aromatic rings. The van der Waals surface area contributed by atoms with Gasteiger partial charge in [0.25, 0.3) is 0 Å². The fraction of sp³-hybridized carbons (Fsp3) is 0.714. The summed E-state index contributed by atoms with van der Waals surface area (Å²) in [5, 5.41) is 3.48. The van der Waals surface area contributed by atoms with E-state index in [9.17, 15) is 0 Å². The van der Waals surface area contributed by atoms with E-state index in [-0.39, 0.29) is 0 Å². The van der Waals surface area contributed by atoms with Gasteiger partial charge in [-0.25, -0.2) is 15.8 Å². The first-order valence-corrected chi connectivity index (χ1v) is 7.28. The van der Waals surface area contributed by atoms with E-state index < -0.39 is 0 Å². The van der Waals surface area contributed by atoms with Gasteiger partial charge in [0.05, 0.1) is 0 Å². The van der Waals surface area contributed by atoms with Gasteiger partial charge in [0, 0.05) is 25.8 Å². The quantitative estimate of drug-likeness (QED) is 0.473. The number of hydrazine groups is 1. The second-order valence-corrected chi connectivity index (χ2v) is 5.54. The molecule has 1 fully saturated rings. The Morgan fingerprint density at radius 2 is 2.10 bits per heavy atom. The van der Waals surface area contributed by atoms with Crippen LogP contribution in [0.15, 0.2) is 6.33 Å². The van der Waals surface area contributed by atoms with Crippen molar-refractivity contribution in [3.8, 4) is 0 Å². The summed E-state index contributed by atoms with van der Waals surface area (Å²) in [5.74, 6) is 7.14. The van der Waals surface area contributed by atoms with Gasteiger partial charge in [0.2, 0.25) is 0 Å². The normalized spacial score (nSPS) is 15.9. The molecule has 0 radical (unpaired) electrons. The Kier molecular flexibility index (Phi) is 5.14. The number of hydrogen-bond donors (Lipinski definition) is 3. The molecule has 1 heterocycles. The van der Waals surface area contributed by atoms with Crippen LogP contribution < -0.4 is 16.6 Å². The number of nitrogens with one attached hydrogen (secondary N) is 2. The van der Waals surface area contributed by atoms with Crippen molar-refractivity contribution in [1.82, 2.24) is 9.97 Å². The molecule has 0 bridgehead atoms. The Morgan fingerprint density at radius 1 is 1.35 bits per heavy atom. The highest BCUT2D eigenvalue weighted by atomic mass is 16.5. The van der Waals surface area contributed by atoms with Gasteiger partial charge in [-0.1, -0.05) is 13.3 Å². The number of anilines is 2. The van der Waals surface area contributed by atoms with E-state index in [0.29, 0.717) is 11.2 Å². The number of methoxy groups -OCH3 is 1. The molecule has 1 saturated carbocycles. The first-order valence-electron chi connectivity index (χ1n) is 7.28. The van der Waals surface area contributed by atoms with E-state index in [2.05, 4.69) is 27.6 Å². The van der Waals surface area contributed by atoms with E-state index in [1.165, 1.54) is 12.8 Å². The van der Waals surface area contributed by atoms with E-state index in [1.807, 2.05) is 0 Å². The molecule has 2 rings (SSSR count). The average molecular weight is 279 g/mol. The van der Waals surface area contributed by atoms with Crippen LogP contribution in [0.5, 0.6) is 0 Å². The van der Waals surface area contributed by atoms with Crippen molar-refractivity contribution in [3.05, 3.63) is 11.9 Å². The van der Waals surface area contributed by atoms with Crippen LogP contribution in [0.2, 0.25) is 0 Å². The molecule has 0 aromatic carbocycles. The lowest BCUT2D eigenvalue weighted by molar-refractivity contribution is 0.175. The van der Waals surface area contributed by atoms with Crippen molar-refractivity contribution in [2.75, 3.05) is 31.0 Å². The second kappa shape index (κ2) is 6.85. The second-order valence-electron chi connectivity index (χ2n) is 5.54. The summed E-state index contributed by atoms with van der Waals surface area (Å²) < 4.78 is 5.19. The largest absolute Gasteiger partial charge is 0.385 e. The van der Waals surface area contributed by atoms with Gasteiger partial charge in [-0.05, 0) is 31.1 Å². The van der Waals surface area contributed by atoms with Crippen LogP contribution in [0.1, 0.15) is 38.2 Å². The molecule has 4 N–H and O–H groups in total. The van der Waals surface area contributed by atoms with E-state index >= 15 is 0 Å². The molecule has 20 heavy (non-hydrogen) atoms. The first-order chi connectivity index (χ1) is 9.74. The minimum Gasteiger partial charge on any atom is -0.385 e. The zero-order valence-corrected chi connectivity index (χ0v) is 12.4. The summed E-state index contributed by atoms with van der Waals surface area (Å²) in [4.78, 5) is 8.55. The number of nitrogens with zero attached hydrogens (tertiary/aromatic N) is 2. The summed E-state index contributed by atoms with van der Waals surface area (Å²) in [5.41, 5.74) is 4.12. The molecule has 1 aliphatic rings. The van der Waals surface area contributed by atoms with E-state index in [4.69, 9.17) is 10.6 Å². The predicted molar refractivity (Wildman–Crippen MR) is 80.5 cm³/mol. The summed E-state index contributed by atoms with van der Waals surface area (Å²) in [6, 6.07) is 0. The SMILES string of the molecule is CCCc1c(NN)ncnc1NCC1(CCOC)CC1. The lowest BCUT2D eigenvalue weighted by Gasteiger charge is -2.18. The van der Waals surface area contributed by atoms with Crippen molar-refractivity contribution in [2.45, 2.75) is 39.0 Å². The third-order valence-electron chi connectivity index (χ3n) is 4.01. The molecule has 6 nitrogen and oxygen atoms in total. The Bertz CT molecular complexity index is 434. The maximum Gasteiger partial charge on any atom is 0.148 e. The third-order valence-corrected chi connectivity index (χ3v) is 4.01. The number of nitrogens with two attached hydrogens (primary N) is 1. The molecule has 1 aromatic heterocycles. The Labute approximate surface area is 120 Å². The van der Waals surface area contributed by atoms with Crippen LogP contribution in [0.25, 0.3) is 0 Å². The standard InChI is InChI=1S/C14H25N5O/c1-3-4-11-12(17-10-18-13(11)19-15)16-9-14(5-6-14)7-8-20-2/h10H,3-9,15H2,1-2H3,(H2,16,17,18,19). The van der Waals surface area contributed by atoms with Crippen LogP contribution in [-0.2, 0) is 11.2 Å². The van der Waals surface area contributed by atoms with E-state index in [0.717, 1.165) is 43.8 Å². The molecule has 112 valence electrons. The van der Waals surface area contributed by atoms with Crippen molar-refractivity contribution >= 4 is 11.6 Å². The summed E-state index contributed by atoms with van der Waals surface area (Å²) >= 11 is 0.